The fourth-order valence-electron chi connectivity index (χ4n) is 1.47. The van der Waals surface area contributed by atoms with Gasteiger partial charge in [0, 0.05) is 18.1 Å². The average Bonchev–Trinajstić information content (AvgIpc) is 2.30. The van der Waals surface area contributed by atoms with Crippen LogP contribution in [-0.4, -0.2) is 4.98 Å². The Kier molecular flexibility index (Phi) is 2.84. The van der Waals surface area contributed by atoms with Crippen LogP contribution in [0.25, 0.3) is 11.1 Å². The summed E-state index contributed by atoms with van der Waals surface area (Å²) in [5, 5.41) is 0. The zero-order valence-corrected chi connectivity index (χ0v) is 8.61. The van der Waals surface area contributed by atoms with E-state index in [1.165, 1.54) is 16.7 Å². The quantitative estimate of drug-likeness (QED) is 0.736. The van der Waals surface area contributed by atoms with Crippen LogP contribution in [0.15, 0.2) is 48.8 Å². The Balaban J connectivity index is 2.51. The van der Waals surface area contributed by atoms with E-state index in [0.29, 0.717) is 0 Å². The van der Waals surface area contributed by atoms with Crippen LogP contribution >= 0.6 is 12.6 Å². The predicted molar refractivity (Wildman–Crippen MR) is 62.4 cm³/mol. The summed E-state index contributed by atoms with van der Waals surface area (Å²) in [7, 11) is 0. The van der Waals surface area contributed by atoms with Crippen LogP contribution in [0.4, 0.5) is 0 Å². The number of nitrogens with zero attached hydrogens (tertiary/aromatic N) is 1. The van der Waals surface area contributed by atoms with Crippen LogP contribution in [0.3, 0.4) is 0 Å². The normalized spacial score (nSPS) is 10.1. The second-order valence-electron chi connectivity index (χ2n) is 3.05. The van der Waals surface area contributed by atoms with Gasteiger partial charge in [0.25, 0.3) is 0 Å². The van der Waals surface area contributed by atoms with Crippen molar-refractivity contribution in [3.63, 3.8) is 0 Å². The van der Waals surface area contributed by atoms with E-state index >= 15 is 0 Å². The lowest BCUT2D eigenvalue weighted by Crippen LogP contribution is -1.85. The number of rotatable bonds is 2. The molecule has 0 radical (unpaired) electrons. The Morgan fingerprint density at radius 1 is 1.00 bits per heavy atom. The number of aromatic nitrogens is 1. The molecule has 0 atom stereocenters. The second-order valence-corrected chi connectivity index (χ2v) is 3.37. The first-order valence-electron chi connectivity index (χ1n) is 4.51. The van der Waals surface area contributed by atoms with Gasteiger partial charge in [0.05, 0.1) is 0 Å². The number of pyridine rings is 1. The van der Waals surface area contributed by atoms with Crippen LogP contribution in [-0.2, 0) is 5.75 Å². The van der Waals surface area contributed by atoms with E-state index in [-0.39, 0.29) is 0 Å². The predicted octanol–water partition coefficient (Wildman–Crippen LogP) is 3.18. The highest BCUT2D eigenvalue weighted by Gasteiger charge is 2.01. The minimum Gasteiger partial charge on any atom is -0.265 e. The fourth-order valence-corrected chi connectivity index (χ4v) is 1.75. The van der Waals surface area contributed by atoms with Crippen molar-refractivity contribution in [1.82, 2.24) is 4.98 Å². The highest BCUT2D eigenvalue weighted by molar-refractivity contribution is 7.79. The zero-order valence-electron chi connectivity index (χ0n) is 7.72. The van der Waals surface area contributed by atoms with Crippen molar-refractivity contribution in [2.75, 3.05) is 0 Å². The number of thiol groups is 1. The molecule has 1 aromatic heterocycles. The van der Waals surface area contributed by atoms with E-state index in [1.807, 2.05) is 36.7 Å². The van der Waals surface area contributed by atoms with Crippen LogP contribution < -0.4 is 0 Å². The Bertz CT molecular complexity index is 412. The highest BCUT2D eigenvalue weighted by atomic mass is 32.1. The van der Waals surface area contributed by atoms with Crippen LogP contribution in [0.1, 0.15) is 5.56 Å². The molecule has 0 fully saturated rings. The molecule has 0 unspecified atom stereocenters. The molecule has 0 aliphatic heterocycles. The average molecular weight is 201 g/mol. The summed E-state index contributed by atoms with van der Waals surface area (Å²) in [5.41, 5.74) is 3.69. The van der Waals surface area contributed by atoms with Gasteiger partial charge in [-0.3, -0.25) is 4.98 Å². The minimum absolute atomic E-state index is 0.762. The molecule has 0 aliphatic carbocycles. The number of hydrogen-bond acceptors (Lipinski definition) is 2. The van der Waals surface area contributed by atoms with Crippen molar-refractivity contribution in [1.29, 1.82) is 0 Å². The Morgan fingerprint density at radius 2 is 1.71 bits per heavy atom. The maximum absolute atomic E-state index is 4.31. The van der Waals surface area contributed by atoms with Crippen LogP contribution in [0, 0.1) is 0 Å². The van der Waals surface area contributed by atoms with Crippen molar-refractivity contribution >= 4 is 12.6 Å². The van der Waals surface area contributed by atoms with E-state index < -0.39 is 0 Å². The summed E-state index contributed by atoms with van der Waals surface area (Å²) in [6.07, 6.45) is 3.62. The van der Waals surface area contributed by atoms with E-state index in [4.69, 9.17) is 0 Å². The number of hydrogen-bond donors (Lipinski definition) is 1. The lowest BCUT2D eigenvalue weighted by molar-refractivity contribution is 1.32. The maximum Gasteiger partial charge on any atom is 0.0273 e. The fraction of sp³-hybridized carbons (Fsp3) is 0.0833. The van der Waals surface area contributed by atoms with E-state index in [1.54, 1.807) is 0 Å². The van der Waals surface area contributed by atoms with Crippen LogP contribution in [0.5, 0.6) is 0 Å². The first-order chi connectivity index (χ1) is 6.92. The second kappa shape index (κ2) is 4.29. The molecule has 0 bridgehead atoms. The summed E-state index contributed by atoms with van der Waals surface area (Å²) in [6, 6.07) is 12.3. The molecule has 0 N–H and O–H groups in total. The summed E-state index contributed by atoms with van der Waals surface area (Å²) >= 11 is 4.31. The molecule has 1 nitrogen and oxygen atoms in total. The minimum atomic E-state index is 0.762. The van der Waals surface area contributed by atoms with Crippen molar-refractivity contribution in [3.05, 3.63) is 54.4 Å². The van der Waals surface area contributed by atoms with Gasteiger partial charge in [0.15, 0.2) is 0 Å². The summed E-state index contributed by atoms with van der Waals surface area (Å²) in [5.74, 6) is 0.762. The third kappa shape index (κ3) is 1.80. The highest BCUT2D eigenvalue weighted by Crippen LogP contribution is 2.23. The SMILES string of the molecule is SCc1ccccc1-c1ccncc1. The van der Waals surface area contributed by atoms with Gasteiger partial charge in [-0.05, 0) is 28.8 Å². The first-order valence-corrected chi connectivity index (χ1v) is 5.14. The molecular weight excluding hydrogens is 190 g/mol. The first kappa shape index (κ1) is 9.28. The monoisotopic (exact) mass is 201 g/mol. The Hall–Kier alpha value is -1.28. The molecule has 0 saturated carbocycles. The van der Waals surface area contributed by atoms with Gasteiger partial charge in [-0.1, -0.05) is 24.3 Å². The molecule has 70 valence electrons. The third-order valence-electron chi connectivity index (χ3n) is 2.18. The molecular formula is C12H11NS. The molecule has 0 saturated heterocycles. The maximum atomic E-state index is 4.31. The van der Waals surface area contributed by atoms with Crippen molar-refractivity contribution in [3.8, 4) is 11.1 Å². The summed E-state index contributed by atoms with van der Waals surface area (Å²) in [6.45, 7) is 0. The molecule has 0 amide bonds. The summed E-state index contributed by atoms with van der Waals surface area (Å²) in [4.78, 5) is 4.01. The van der Waals surface area contributed by atoms with Gasteiger partial charge in [0.1, 0.15) is 0 Å². The molecule has 2 aromatic rings. The Morgan fingerprint density at radius 3 is 2.43 bits per heavy atom. The van der Waals surface area contributed by atoms with Crippen molar-refractivity contribution < 1.29 is 0 Å². The van der Waals surface area contributed by atoms with Gasteiger partial charge in [-0.2, -0.15) is 12.6 Å². The van der Waals surface area contributed by atoms with Gasteiger partial charge in [-0.25, -0.2) is 0 Å². The standard InChI is InChI=1S/C12H11NS/c14-9-11-3-1-2-4-12(11)10-5-7-13-8-6-10/h1-8,14H,9H2. The van der Waals surface area contributed by atoms with E-state index in [9.17, 15) is 0 Å². The van der Waals surface area contributed by atoms with Crippen LogP contribution in [0.2, 0.25) is 0 Å². The molecule has 1 heterocycles. The molecule has 2 heteroatoms. The van der Waals surface area contributed by atoms with Gasteiger partial charge >= 0.3 is 0 Å². The molecule has 2 rings (SSSR count). The summed E-state index contributed by atoms with van der Waals surface area (Å²) < 4.78 is 0. The third-order valence-corrected chi connectivity index (χ3v) is 2.52. The lowest BCUT2D eigenvalue weighted by Gasteiger charge is -2.06. The lowest BCUT2D eigenvalue weighted by atomic mass is 10.0. The van der Waals surface area contributed by atoms with Crippen molar-refractivity contribution in [2.45, 2.75) is 5.75 Å². The smallest absolute Gasteiger partial charge is 0.0273 e. The van der Waals surface area contributed by atoms with Crippen molar-refractivity contribution in [2.24, 2.45) is 0 Å². The van der Waals surface area contributed by atoms with Gasteiger partial charge in [-0.15, -0.1) is 0 Å². The van der Waals surface area contributed by atoms with E-state index in [2.05, 4.69) is 29.7 Å². The molecule has 0 spiro atoms. The molecule has 14 heavy (non-hydrogen) atoms. The van der Waals surface area contributed by atoms with E-state index in [0.717, 1.165) is 5.75 Å². The Labute approximate surface area is 89.2 Å². The largest absolute Gasteiger partial charge is 0.265 e. The molecule has 1 aromatic carbocycles. The molecule has 0 aliphatic rings. The topological polar surface area (TPSA) is 12.9 Å². The van der Waals surface area contributed by atoms with Gasteiger partial charge < -0.3 is 0 Å². The van der Waals surface area contributed by atoms with Gasteiger partial charge in [0.2, 0.25) is 0 Å². The number of benzene rings is 1. The zero-order chi connectivity index (χ0) is 9.80.